The summed E-state index contributed by atoms with van der Waals surface area (Å²) in [6, 6.07) is 5.24. The van der Waals surface area contributed by atoms with Gasteiger partial charge in [0, 0.05) is 6.61 Å². The molecular formula is C13H15Cl2NO2. The molecule has 1 aliphatic rings. The zero-order valence-electron chi connectivity index (χ0n) is 10.1. The molecule has 0 bridgehead atoms. The highest BCUT2D eigenvalue weighted by atomic mass is 35.5. The average molecular weight is 288 g/mol. The molecule has 0 radical (unpaired) electrons. The molecule has 1 aliphatic heterocycles. The largest absolute Gasteiger partial charge is 0.368 e. The maximum Gasteiger partial charge on any atom is 0.249 e. The average Bonchev–Trinajstić information content (AvgIpc) is 2.86. The number of carbonyl (C=O) groups excluding carboxylic acids is 1. The van der Waals surface area contributed by atoms with E-state index >= 15 is 0 Å². The molecule has 1 aromatic rings. The van der Waals surface area contributed by atoms with Crippen LogP contribution in [-0.4, -0.2) is 18.6 Å². The number of hydrogen-bond acceptors (Lipinski definition) is 2. The summed E-state index contributed by atoms with van der Waals surface area (Å²) >= 11 is 11.8. The molecule has 1 aromatic carbocycles. The van der Waals surface area contributed by atoms with Gasteiger partial charge in [0.05, 0.1) is 16.1 Å². The Morgan fingerprint density at radius 3 is 2.83 bits per heavy atom. The van der Waals surface area contributed by atoms with Gasteiger partial charge < -0.3 is 10.1 Å². The van der Waals surface area contributed by atoms with E-state index in [1.54, 1.807) is 12.1 Å². The lowest BCUT2D eigenvalue weighted by atomic mass is 10.1. The summed E-state index contributed by atoms with van der Waals surface area (Å²) in [4.78, 5) is 11.9. The van der Waals surface area contributed by atoms with Crippen molar-refractivity contribution in [2.24, 2.45) is 0 Å². The van der Waals surface area contributed by atoms with Gasteiger partial charge in [-0.1, -0.05) is 29.3 Å². The Bertz CT molecular complexity index is 445. The third kappa shape index (κ3) is 3.16. The summed E-state index contributed by atoms with van der Waals surface area (Å²) < 4.78 is 5.34. The molecule has 0 spiro atoms. The molecule has 0 aromatic heterocycles. The van der Waals surface area contributed by atoms with Crippen LogP contribution in [0.1, 0.15) is 31.4 Å². The van der Waals surface area contributed by atoms with Crippen LogP contribution in [-0.2, 0) is 9.53 Å². The Balaban J connectivity index is 2.00. The number of halogens is 2. The van der Waals surface area contributed by atoms with E-state index in [4.69, 9.17) is 27.9 Å². The molecule has 0 aliphatic carbocycles. The van der Waals surface area contributed by atoms with Crippen LogP contribution in [0.25, 0.3) is 0 Å². The second-order valence-electron chi connectivity index (χ2n) is 4.41. The Kier molecular flexibility index (Phi) is 4.49. The van der Waals surface area contributed by atoms with Crippen molar-refractivity contribution in [1.82, 2.24) is 5.32 Å². The molecule has 0 saturated carbocycles. The van der Waals surface area contributed by atoms with Gasteiger partial charge in [-0.3, -0.25) is 4.79 Å². The fraction of sp³-hybridized carbons (Fsp3) is 0.462. The maximum atomic E-state index is 11.9. The van der Waals surface area contributed by atoms with Gasteiger partial charge in [0.2, 0.25) is 5.91 Å². The molecule has 1 heterocycles. The van der Waals surface area contributed by atoms with Gasteiger partial charge in [-0.25, -0.2) is 0 Å². The zero-order valence-corrected chi connectivity index (χ0v) is 11.6. The third-order valence-electron chi connectivity index (χ3n) is 3.02. The van der Waals surface area contributed by atoms with Crippen molar-refractivity contribution in [3.8, 4) is 0 Å². The number of benzene rings is 1. The molecule has 1 amide bonds. The molecule has 5 heteroatoms. The fourth-order valence-corrected chi connectivity index (χ4v) is 2.26. The van der Waals surface area contributed by atoms with Crippen molar-refractivity contribution in [3.63, 3.8) is 0 Å². The maximum absolute atomic E-state index is 11.9. The number of hydrogen-bond donors (Lipinski definition) is 1. The highest BCUT2D eigenvalue weighted by Gasteiger charge is 2.24. The lowest BCUT2D eigenvalue weighted by Crippen LogP contribution is -2.35. The van der Waals surface area contributed by atoms with Gasteiger partial charge in [0.25, 0.3) is 0 Å². The zero-order chi connectivity index (χ0) is 13.1. The first-order valence-electron chi connectivity index (χ1n) is 5.95. The minimum absolute atomic E-state index is 0.0638. The van der Waals surface area contributed by atoms with Crippen molar-refractivity contribution >= 4 is 29.1 Å². The van der Waals surface area contributed by atoms with E-state index in [0.29, 0.717) is 16.7 Å². The standard InChI is InChI=1S/C13H15Cl2NO2/c1-8(9-4-5-10(14)11(15)7-9)16-13(17)12-3-2-6-18-12/h4-5,7-8,12H,2-3,6H2,1H3,(H,16,17)/t8-,12-/m1/s1. The topological polar surface area (TPSA) is 38.3 Å². The van der Waals surface area contributed by atoms with Crippen molar-refractivity contribution in [1.29, 1.82) is 0 Å². The van der Waals surface area contributed by atoms with Crippen LogP contribution in [0, 0.1) is 0 Å². The normalized spacial score (nSPS) is 20.7. The summed E-state index contributed by atoms with van der Waals surface area (Å²) in [7, 11) is 0. The third-order valence-corrected chi connectivity index (χ3v) is 3.76. The Labute approximate surface area is 116 Å². The number of carbonyl (C=O) groups is 1. The lowest BCUT2D eigenvalue weighted by molar-refractivity contribution is -0.130. The summed E-state index contributed by atoms with van der Waals surface area (Å²) in [5.74, 6) is -0.0638. The highest BCUT2D eigenvalue weighted by Crippen LogP contribution is 2.25. The summed E-state index contributed by atoms with van der Waals surface area (Å²) in [5.41, 5.74) is 0.927. The second kappa shape index (κ2) is 5.91. The predicted octanol–water partition coefficient (Wildman–Crippen LogP) is 3.35. The van der Waals surface area contributed by atoms with Crippen LogP contribution in [0.4, 0.5) is 0 Å². The molecule has 18 heavy (non-hydrogen) atoms. The molecule has 0 unspecified atom stereocenters. The van der Waals surface area contributed by atoms with Crippen LogP contribution in [0.5, 0.6) is 0 Å². The minimum Gasteiger partial charge on any atom is -0.368 e. The molecule has 98 valence electrons. The van der Waals surface area contributed by atoms with Gasteiger partial charge in [-0.15, -0.1) is 0 Å². The van der Waals surface area contributed by atoms with Gasteiger partial charge in [-0.05, 0) is 37.5 Å². The van der Waals surface area contributed by atoms with Crippen molar-refractivity contribution in [2.45, 2.75) is 31.9 Å². The Morgan fingerprint density at radius 1 is 1.44 bits per heavy atom. The molecule has 1 N–H and O–H groups in total. The van der Waals surface area contributed by atoms with Gasteiger partial charge in [0.15, 0.2) is 0 Å². The summed E-state index contributed by atoms with van der Waals surface area (Å²) in [6.45, 7) is 2.58. The second-order valence-corrected chi connectivity index (χ2v) is 5.22. The monoisotopic (exact) mass is 287 g/mol. The Morgan fingerprint density at radius 2 is 2.22 bits per heavy atom. The van der Waals surface area contributed by atoms with Crippen LogP contribution < -0.4 is 5.32 Å². The summed E-state index contributed by atoms with van der Waals surface area (Å²) in [5, 5.41) is 3.92. The molecule has 2 rings (SSSR count). The van der Waals surface area contributed by atoms with E-state index in [-0.39, 0.29) is 18.1 Å². The van der Waals surface area contributed by atoms with E-state index in [1.807, 2.05) is 13.0 Å². The van der Waals surface area contributed by atoms with E-state index < -0.39 is 0 Å². The summed E-state index contributed by atoms with van der Waals surface area (Å²) in [6.07, 6.45) is 1.43. The van der Waals surface area contributed by atoms with Gasteiger partial charge in [0.1, 0.15) is 6.10 Å². The van der Waals surface area contributed by atoms with Crippen molar-refractivity contribution < 1.29 is 9.53 Å². The number of rotatable bonds is 3. The number of ether oxygens (including phenoxy) is 1. The van der Waals surface area contributed by atoms with E-state index in [1.165, 1.54) is 0 Å². The lowest BCUT2D eigenvalue weighted by Gasteiger charge is -2.17. The van der Waals surface area contributed by atoms with E-state index in [9.17, 15) is 4.79 Å². The molecule has 2 atom stereocenters. The van der Waals surface area contributed by atoms with Crippen molar-refractivity contribution in [2.75, 3.05) is 6.61 Å². The number of nitrogens with one attached hydrogen (secondary N) is 1. The highest BCUT2D eigenvalue weighted by molar-refractivity contribution is 6.42. The van der Waals surface area contributed by atoms with E-state index in [2.05, 4.69) is 5.32 Å². The van der Waals surface area contributed by atoms with Crippen molar-refractivity contribution in [3.05, 3.63) is 33.8 Å². The van der Waals surface area contributed by atoms with Crippen LogP contribution >= 0.6 is 23.2 Å². The van der Waals surface area contributed by atoms with Gasteiger partial charge >= 0.3 is 0 Å². The first-order valence-corrected chi connectivity index (χ1v) is 6.70. The van der Waals surface area contributed by atoms with Crippen LogP contribution in [0.3, 0.4) is 0 Å². The quantitative estimate of drug-likeness (QED) is 0.926. The first kappa shape index (κ1) is 13.7. The SMILES string of the molecule is C[C@@H](NC(=O)[C@H]1CCCO1)c1ccc(Cl)c(Cl)c1. The molecular weight excluding hydrogens is 273 g/mol. The molecule has 3 nitrogen and oxygen atoms in total. The first-order chi connectivity index (χ1) is 8.58. The van der Waals surface area contributed by atoms with E-state index in [0.717, 1.165) is 18.4 Å². The van der Waals surface area contributed by atoms with Gasteiger partial charge in [-0.2, -0.15) is 0 Å². The number of amides is 1. The molecule has 1 saturated heterocycles. The van der Waals surface area contributed by atoms with Crippen LogP contribution in [0.2, 0.25) is 10.0 Å². The predicted molar refractivity (Wildman–Crippen MR) is 72.0 cm³/mol. The Hall–Kier alpha value is -0.770. The molecule has 1 fully saturated rings. The smallest absolute Gasteiger partial charge is 0.249 e. The fourth-order valence-electron chi connectivity index (χ4n) is 1.96. The van der Waals surface area contributed by atoms with Crippen LogP contribution in [0.15, 0.2) is 18.2 Å². The minimum atomic E-state index is -0.310.